The first-order valence-electron chi connectivity index (χ1n) is 6.50. The molecule has 1 aliphatic heterocycles. The first-order chi connectivity index (χ1) is 8.84. The molecule has 5 heteroatoms. The number of rotatable bonds is 3. The lowest BCUT2D eigenvalue weighted by atomic mass is 9.81. The summed E-state index contributed by atoms with van der Waals surface area (Å²) in [6, 6.07) is 7.03. The maximum Gasteiger partial charge on any atom is 0.175 e. The van der Waals surface area contributed by atoms with Crippen molar-refractivity contribution >= 4 is 15.5 Å². The molecule has 1 fully saturated rings. The Kier molecular flexibility index (Phi) is 3.87. The fourth-order valence-electron chi connectivity index (χ4n) is 2.37. The summed E-state index contributed by atoms with van der Waals surface area (Å²) in [6.45, 7) is 4.13. The van der Waals surface area contributed by atoms with E-state index < -0.39 is 9.84 Å². The van der Waals surface area contributed by atoms with E-state index in [0.717, 1.165) is 31.6 Å². The van der Waals surface area contributed by atoms with Gasteiger partial charge in [0.05, 0.1) is 4.90 Å². The van der Waals surface area contributed by atoms with Crippen LogP contribution in [-0.4, -0.2) is 39.5 Å². The van der Waals surface area contributed by atoms with Gasteiger partial charge in [0.2, 0.25) is 0 Å². The third-order valence-electron chi connectivity index (χ3n) is 3.98. The molecule has 0 unspecified atom stereocenters. The highest BCUT2D eigenvalue weighted by Gasteiger charge is 2.29. The molecule has 1 aliphatic rings. The van der Waals surface area contributed by atoms with Crippen LogP contribution in [0.5, 0.6) is 0 Å². The lowest BCUT2D eigenvalue weighted by Crippen LogP contribution is -2.40. The van der Waals surface area contributed by atoms with Crippen LogP contribution in [0.4, 0.5) is 5.69 Å². The quantitative estimate of drug-likeness (QED) is 0.917. The number of hydrogen-bond acceptors (Lipinski definition) is 4. The Hall–Kier alpha value is -1.07. The maximum absolute atomic E-state index is 11.4. The monoisotopic (exact) mass is 283 g/mol. The predicted molar refractivity (Wildman–Crippen MR) is 76.2 cm³/mol. The molecule has 0 bridgehead atoms. The molecular weight excluding hydrogens is 262 g/mol. The summed E-state index contributed by atoms with van der Waals surface area (Å²) in [7, 11) is -3.12. The maximum atomic E-state index is 11.4. The van der Waals surface area contributed by atoms with Crippen LogP contribution in [0.1, 0.15) is 19.8 Å². The van der Waals surface area contributed by atoms with Gasteiger partial charge >= 0.3 is 0 Å². The molecule has 0 aliphatic carbocycles. The first-order valence-corrected chi connectivity index (χ1v) is 8.39. The van der Waals surface area contributed by atoms with Gasteiger partial charge in [-0.1, -0.05) is 6.92 Å². The van der Waals surface area contributed by atoms with Gasteiger partial charge in [-0.05, 0) is 42.5 Å². The Balaban J connectivity index is 2.09. The summed E-state index contributed by atoms with van der Waals surface area (Å²) in [5, 5.41) is 9.35. The third-order valence-corrected chi connectivity index (χ3v) is 5.11. The van der Waals surface area contributed by atoms with Crippen molar-refractivity contribution < 1.29 is 13.5 Å². The zero-order valence-corrected chi connectivity index (χ0v) is 12.3. The second-order valence-corrected chi connectivity index (χ2v) is 7.74. The van der Waals surface area contributed by atoms with E-state index in [2.05, 4.69) is 11.8 Å². The fourth-order valence-corrected chi connectivity index (χ4v) is 3.00. The van der Waals surface area contributed by atoms with Crippen LogP contribution in [0.3, 0.4) is 0 Å². The molecule has 1 aromatic carbocycles. The molecule has 0 saturated carbocycles. The topological polar surface area (TPSA) is 57.6 Å². The van der Waals surface area contributed by atoms with E-state index in [1.54, 1.807) is 12.1 Å². The van der Waals surface area contributed by atoms with Gasteiger partial charge < -0.3 is 10.0 Å². The molecule has 1 saturated heterocycles. The van der Waals surface area contributed by atoms with Gasteiger partial charge in [-0.3, -0.25) is 0 Å². The highest BCUT2D eigenvalue weighted by Crippen LogP contribution is 2.32. The molecule has 0 spiro atoms. The van der Waals surface area contributed by atoms with Crippen molar-refractivity contribution in [3.05, 3.63) is 24.3 Å². The molecular formula is C14H21NO3S. The molecule has 2 rings (SSSR count). The molecule has 0 atom stereocenters. The van der Waals surface area contributed by atoms with E-state index in [1.165, 1.54) is 6.26 Å². The van der Waals surface area contributed by atoms with E-state index in [4.69, 9.17) is 0 Å². The number of aliphatic hydroxyl groups excluding tert-OH is 1. The largest absolute Gasteiger partial charge is 0.396 e. The molecule has 106 valence electrons. The van der Waals surface area contributed by atoms with Crippen molar-refractivity contribution in [3.8, 4) is 0 Å². The summed E-state index contributed by atoms with van der Waals surface area (Å²) in [6.07, 6.45) is 3.13. The Bertz CT molecular complexity index is 528. The van der Waals surface area contributed by atoms with E-state index in [9.17, 15) is 13.5 Å². The Morgan fingerprint density at radius 1 is 1.21 bits per heavy atom. The number of benzene rings is 1. The van der Waals surface area contributed by atoms with Gasteiger partial charge in [0.15, 0.2) is 9.84 Å². The predicted octanol–water partition coefficient (Wildman–Crippen LogP) is 1.69. The molecule has 0 radical (unpaired) electrons. The van der Waals surface area contributed by atoms with Crippen LogP contribution < -0.4 is 4.90 Å². The number of nitrogens with zero attached hydrogens (tertiary/aromatic N) is 1. The molecule has 0 amide bonds. The highest BCUT2D eigenvalue weighted by molar-refractivity contribution is 7.90. The summed E-state index contributed by atoms with van der Waals surface area (Å²) < 4.78 is 22.8. The van der Waals surface area contributed by atoms with Crippen molar-refractivity contribution in [2.24, 2.45) is 5.41 Å². The average Bonchev–Trinajstić information content (AvgIpc) is 2.39. The molecule has 1 N–H and O–H groups in total. The van der Waals surface area contributed by atoms with Gasteiger partial charge in [-0.25, -0.2) is 8.42 Å². The smallest absolute Gasteiger partial charge is 0.175 e. The fraction of sp³-hybridized carbons (Fsp3) is 0.571. The first kappa shape index (κ1) is 14.3. The van der Waals surface area contributed by atoms with Gasteiger partial charge in [-0.2, -0.15) is 0 Å². The third kappa shape index (κ3) is 3.28. The Morgan fingerprint density at radius 3 is 2.16 bits per heavy atom. The van der Waals surface area contributed by atoms with E-state index >= 15 is 0 Å². The highest BCUT2D eigenvalue weighted by atomic mass is 32.2. The normalized spacial score (nSPS) is 19.4. The lowest BCUT2D eigenvalue weighted by molar-refractivity contribution is 0.115. The molecule has 1 heterocycles. The average molecular weight is 283 g/mol. The van der Waals surface area contributed by atoms with Gasteiger partial charge in [0.25, 0.3) is 0 Å². The standard InChI is InChI=1S/C14H21NO3S/c1-14(11-16)7-9-15(10-8-14)12-3-5-13(6-4-12)19(2,17)18/h3-6,16H,7-11H2,1-2H3. The van der Waals surface area contributed by atoms with Crippen molar-refractivity contribution in [2.45, 2.75) is 24.7 Å². The second kappa shape index (κ2) is 5.13. The van der Waals surface area contributed by atoms with Crippen molar-refractivity contribution in [3.63, 3.8) is 0 Å². The summed E-state index contributed by atoms with van der Waals surface area (Å²) in [5.41, 5.74) is 1.08. The summed E-state index contributed by atoms with van der Waals surface area (Å²) in [5.74, 6) is 0. The van der Waals surface area contributed by atoms with Crippen LogP contribution >= 0.6 is 0 Å². The minimum absolute atomic E-state index is 0.0310. The van der Waals surface area contributed by atoms with Crippen molar-refractivity contribution in [2.75, 3.05) is 30.9 Å². The zero-order valence-electron chi connectivity index (χ0n) is 11.5. The van der Waals surface area contributed by atoms with Crippen LogP contribution in [0.2, 0.25) is 0 Å². The molecule has 0 aromatic heterocycles. The molecule has 4 nitrogen and oxygen atoms in total. The minimum atomic E-state index is -3.12. The minimum Gasteiger partial charge on any atom is -0.396 e. The number of anilines is 1. The second-order valence-electron chi connectivity index (χ2n) is 5.72. The van der Waals surface area contributed by atoms with Crippen LogP contribution in [0, 0.1) is 5.41 Å². The van der Waals surface area contributed by atoms with Gasteiger partial charge in [0, 0.05) is 31.6 Å². The number of sulfone groups is 1. The van der Waals surface area contributed by atoms with Crippen molar-refractivity contribution in [1.29, 1.82) is 0 Å². The summed E-state index contributed by atoms with van der Waals surface area (Å²) in [4.78, 5) is 2.59. The Morgan fingerprint density at radius 2 is 1.74 bits per heavy atom. The molecule has 19 heavy (non-hydrogen) atoms. The molecule has 1 aromatic rings. The van der Waals surface area contributed by atoms with E-state index in [-0.39, 0.29) is 12.0 Å². The van der Waals surface area contributed by atoms with Crippen LogP contribution in [-0.2, 0) is 9.84 Å². The zero-order chi connectivity index (χ0) is 14.1. The van der Waals surface area contributed by atoms with E-state index in [0.29, 0.717) is 4.90 Å². The van der Waals surface area contributed by atoms with Gasteiger partial charge in [-0.15, -0.1) is 0 Å². The number of aliphatic hydroxyl groups is 1. The van der Waals surface area contributed by atoms with Crippen LogP contribution in [0.25, 0.3) is 0 Å². The SMILES string of the molecule is CC1(CO)CCN(c2ccc(S(C)(=O)=O)cc2)CC1. The summed E-state index contributed by atoms with van der Waals surface area (Å²) >= 11 is 0. The van der Waals surface area contributed by atoms with Crippen molar-refractivity contribution in [1.82, 2.24) is 0 Å². The Labute approximate surface area is 115 Å². The van der Waals surface area contributed by atoms with E-state index in [1.807, 2.05) is 12.1 Å². The number of piperidine rings is 1. The van der Waals surface area contributed by atoms with Crippen LogP contribution in [0.15, 0.2) is 29.2 Å². The number of hydrogen-bond donors (Lipinski definition) is 1. The lowest BCUT2D eigenvalue weighted by Gasteiger charge is -2.39. The van der Waals surface area contributed by atoms with Gasteiger partial charge in [0.1, 0.15) is 0 Å².